The van der Waals surface area contributed by atoms with E-state index in [9.17, 15) is 4.55 Å². The highest BCUT2D eigenvalue weighted by molar-refractivity contribution is 8.08. The van der Waals surface area contributed by atoms with Gasteiger partial charge in [-0.05, 0) is 34.6 Å². The second-order valence-electron chi connectivity index (χ2n) is 7.53. The van der Waals surface area contributed by atoms with E-state index in [1.807, 2.05) is 54.6 Å². The van der Waals surface area contributed by atoms with Crippen LogP contribution in [0, 0.1) is 0 Å². The standard InChI is InChI=1S/C25H27NO2S/c1-17(2)20-14-10-15-21(18(3)4)24(20)26-25(29-27)28-23-16-9-8-13-22(23)19-11-6-5-7-12-19/h5-18,27H,1-4H3. The van der Waals surface area contributed by atoms with Crippen LogP contribution in [-0.4, -0.2) is 9.78 Å². The number of nitrogens with zero attached hydrogens (tertiary/aromatic N) is 1. The maximum atomic E-state index is 9.93. The van der Waals surface area contributed by atoms with Crippen LogP contribution in [0.25, 0.3) is 11.1 Å². The molecule has 0 heterocycles. The Hall–Kier alpha value is -2.56. The van der Waals surface area contributed by atoms with Crippen molar-refractivity contribution in [3.05, 3.63) is 83.9 Å². The zero-order valence-corrected chi connectivity index (χ0v) is 18.1. The van der Waals surface area contributed by atoms with Gasteiger partial charge in [0.05, 0.1) is 17.7 Å². The molecule has 0 fully saturated rings. The smallest absolute Gasteiger partial charge is 0.284 e. The molecular weight excluding hydrogens is 378 g/mol. The molecule has 3 nitrogen and oxygen atoms in total. The first-order valence-corrected chi connectivity index (χ1v) is 10.6. The first-order chi connectivity index (χ1) is 14.0. The van der Waals surface area contributed by atoms with Crippen LogP contribution < -0.4 is 4.74 Å². The highest BCUT2D eigenvalue weighted by Crippen LogP contribution is 2.36. The van der Waals surface area contributed by atoms with Gasteiger partial charge in [0.2, 0.25) is 0 Å². The van der Waals surface area contributed by atoms with Crippen molar-refractivity contribution in [2.75, 3.05) is 0 Å². The van der Waals surface area contributed by atoms with Gasteiger partial charge in [-0.15, -0.1) is 0 Å². The van der Waals surface area contributed by atoms with E-state index in [2.05, 4.69) is 45.9 Å². The second kappa shape index (κ2) is 9.77. The molecule has 0 amide bonds. The average molecular weight is 406 g/mol. The lowest BCUT2D eigenvalue weighted by atomic mass is 9.93. The molecule has 1 N–H and O–H groups in total. The van der Waals surface area contributed by atoms with Crippen molar-refractivity contribution < 1.29 is 9.29 Å². The largest absolute Gasteiger partial charge is 0.431 e. The van der Waals surface area contributed by atoms with Crippen molar-refractivity contribution in [1.82, 2.24) is 0 Å². The Kier molecular flexibility index (Phi) is 7.13. The first kappa shape index (κ1) is 21.2. The van der Waals surface area contributed by atoms with Crippen LogP contribution in [0.5, 0.6) is 5.75 Å². The lowest BCUT2D eigenvalue weighted by molar-refractivity contribution is 0.560. The number of benzene rings is 3. The number of rotatable bonds is 5. The summed E-state index contributed by atoms with van der Waals surface area (Å²) < 4.78 is 16.0. The molecule has 0 aliphatic carbocycles. The van der Waals surface area contributed by atoms with Gasteiger partial charge < -0.3 is 9.29 Å². The summed E-state index contributed by atoms with van der Waals surface area (Å²) in [5.41, 5.74) is 5.17. The molecule has 3 aromatic carbocycles. The Labute approximate surface area is 177 Å². The summed E-state index contributed by atoms with van der Waals surface area (Å²) >= 11 is 0.532. The lowest BCUT2D eigenvalue weighted by Gasteiger charge is -2.17. The van der Waals surface area contributed by atoms with Crippen molar-refractivity contribution in [3.63, 3.8) is 0 Å². The van der Waals surface area contributed by atoms with Gasteiger partial charge in [0.15, 0.2) is 0 Å². The zero-order chi connectivity index (χ0) is 20.8. The summed E-state index contributed by atoms with van der Waals surface area (Å²) in [5, 5.41) is 0.211. The molecule has 0 aliphatic rings. The molecule has 29 heavy (non-hydrogen) atoms. The average Bonchev–Trinajstić information content (AvgIpc) is 2.74. The molecule has 0 spiro atoms. The molecule has 0 saturated carbocycles. The monoisotopic (exact) mass is 405 g/mol. The molecular formula is C25H27NO2S. The molecule has 0 atom stereocenters. The fraction of sp³-hybridized carbons (Fsp3) is 0.240. The third-order valence-corrected chi connectivity index (χ3v) is 5.12. The fourth-order valence-electron chi connectivity index (χ4n) is 3.30. The van der Waals surface area contributed by atoms with E-state index in [1.165, 1.54) is 0 Å². The summed E-state index contributed by atoms with van der Waals surface area (Å²) in [7, 11) is 0. The van der Waals surface area contributed by atoms with E-state index in [4.69, 9.17) is 9.73 Å². The molecule has 3 rings (SSSR count). The minimum Gasteiger partial charge on any atom is -0.431 e. The van der Waals surface area contributed by atoms with Gasteiger partial charge in [-0.3, -0.25) is 0 Å². The van der Waals surface area contributed by atoms with E-state index in [-0.39, 0.29) is 5.23 Å². The van der Waals surface area contributed by atoms with Gasteiger partial charge in [-0.25, -0.2) is 4.99 Å². The summed E-state index contributed by atoms with van der Waals surface area (Å²) in [4.78, 5) is 4.76. The van der Waals surface area contributed by atoms with Crippen LogP contribution in [0.2, 0.25) is 0 Å². The van der Waals surface area contributed by atoms with Gasteiger partial charge in [0.1, 0.15) is 5.75 Å². The minimum atomic E-state index is 0.211. The SMILES string of the molecule is CC(C)c1cccc(C(C)C)c1N=C(Oc1ccccc1-c1ccccc1)SO. The molecule has 3 aromatic rings. The van der Waals surface area contributed by atoms with Crippen molar-refractivity contribution in [3.8, 4) is 16.9 Å². The van der Waals surface area contributed by atoms with Crippen LogP contribution in [0.15, 0.2) is 77.8 Å². The predicted octanol–water partition coefficient (Wildman–Crippen LogP) is 7.87. The summed E-state index contributed by atoms with van der Waals surface area (Å²) in [5.74, 6) is 1.29. The molecule has 4 heteroatoms. The predicted molar refractivity (Wildman–Crippen MR) is 124 cm³/mol. The third kappa shape index (κ3) is 5.08. The number of hydrogen-bond acceptors (Lipinski definition) is 4. The Balaban J connectivity index is 2.04. The van der Waals surface area contributed by atoms with Crippen LogP contribution in [0.4, 0.5) is 5.69 Å². The molecule has 0 unspecified atom stereocenters. The molecule has 0 radical (unpaired) electrons. The van der Waals surface area contributed by atoms with Gasteiger partial charge in [0, 0.05) is 5.56 Å². The van der Waals surface area contributed by atoms with Crippen molar-refractivity contribution in [1.29, 1.82) is 0 Å². The Bertz CT molecular complexity index is 955. The second-order valence-corrected chi connectivity index (χ2v) is 8.06. The van der Waals surface area contributed by atoms with Crippen LogP contribution in [0.3, 0.4) is 0 Å². The Morgan fingerprint density at radius 2 is 1.38 bits per heavy atom. The molecule has 0 saturated heterocycles. The van der Waals surface area contributed by atoms with Gasteiger partial charge >= 0.3 is 0 Å². The first-order valence-electron chi connectivity index (χ1n) is 9.86. The topological polar surface area (TPSA) is 41.8 Å². The van der Waals surface area contributed by atoms with Crippen LogP contribution >= 0.6 is 12.0 Å². The quantitative estimate of drug-likeness (QED) is 0.267. The fourth-order valence-corrected chi connectivity index (χ4v) is 3.56. The minimum absolute atomic E-state index is 0.211. The summed E-state index contributed by atoms with van der Waals surface area (Å²) in [6, 6.07) is 24.1. The normalized spacial score (nSPS) is 11.9. The molecule has 0 aliphatic heterocycles. The van der Waals surface area contributed by atoms with E-state index in [1.54, 1.807) is 0 Å². The van der Waals surface area contributed by atoms with E-state index in [0.29, 0.717) is 29.6 Å². The number of aliphatic imine (C=N–C) groups is 1. The van der Waals surface area contributed by atoms with Crippen molar-refractivity contribution in [2.45, 2.75) is 39.5 Å². The number of para-hydroxylation sites is 2. The van der Waals surface area contributed by atoms with Crippen molar-refractivity contribution >= 4 is 23.0 Å². The lowest BCUT2D eigenvalue weighted by Crippen LogP contribution is -2.06. The highest BCUT2D eigenvalue weighted by atomic mass is 32.2. The summed E-state index contributed by atoms with van der Waals surface area (Å²) in [6.07, 6.45) is 0. The van der Waals surface area contributed by atoms with E-state index in [0.717, 1.165) is 27.9 Å². The highest BCUT2D eigenvalue weighted by Gasteiger charge is 2.16. The van der Waals surface area contributed by atoms with Gasteiger partial charge in [0.25, 0.3) is 5.23 Å². The third-order valence-electron chi connectivity index (χ3n) is 4.79. The molecule has 0 aromatic heterocycles. The molecule has 150 valence electrons. The van der Waals surface area contributed by atoms with E-state index >= 15 is 0 Å². The van der Waals surface area contributed by atoms with Crippen molar-refractivity contribution in [2.24, 2.45) is 4.99 Å². The van der Waals surface area contributed by atoms with Crippen LogP contribution in [0.1, 0.15) is 50.7 Å². The Morgan fingerprint density at radius 3 is 1.97 bits per heavy atom. The molecule has 0 bridgehead atoms. The van der Waals surface area contributed by atoms with E-state index < -0.39 is 0 Å². The Morgan fingerprint density at radius 1 is 0.793 bits per heavy atom. The van der Waals surface area contributed by atoms with Crippen LogP contribution in [-0.2, 0) is 0 Å². The zero-order valence-electron chi connectivity index (χ0n) is 17.3. The number of ether oxygens (including phenoxy) is 1. The number of hydrogen-bond donors (Lipinski definition) is 1. The summed E-state index contributed by atoms with van der Waals surface area (Å²) in [6.45, 7) is 8.59. The van der Waals surface area contributed by atoms with Gasteiger partial charge in [-0.2, -0.15) is 0 Å². The maximum absolute atomic E-state index is 9.93. The maximum Gasteiger partial charge on any atom is 0.284 e. The van der Waals surface area contributed by atoms with Gasteiger partial charge in [-0.1, -0.05) is 94.4 Å².